The maximum Gasteiger partial charge on any atom is 0.417 e. The third-order valence-corrected chi connectivity index (χ3v) is 6.97. The average molecular weight is 386 g/mol. The van der Waals surface area contributed by atoms with Gasteiger partial charge in [0.15, 0.2) is 0 Å². The molecule has 2 unspecified atom stereocenters. The van der Waals surface area contributed by atoms with Crippen LogP contribution in [0.3, 0.4) is 0 Å². The molecule has 2 atom stereocenters. The summed E-state index contributed by atoms with van der Waals surface area (Å²) in [6, 6.07) is 3.58. The largest absolute Gasteiger partial charge is 0.417 e. The van der Waals surface area contributed by atoms with Crippen LogP contribution in [0.4, 0.5) is 18.9 Å². The Labute approximate surface area is 156 Å². The third-order valence-electron chi connectivity index (χ3n) is 6.64. The van der Waals surface area contributed by atoms with Crippen molar-refractivity contribution in [1.82, 2.24) is 0 Å². The molecule has 4 fully saturated rings. The van der Waals surface area contributed by atoms with Gasteiger partial charge < -0.3 is 5.32 Å². The van der Waals surface area contributed by atoms with E-state index < -0.39 is 17.2 Å². The van der Waals surface area contributed by atoms with Crippen LogP contribution in [0.25, 0.3) is 0 Å². The number of hydrogen-bond donors (Lipinski definition) is 1. The Morgan fingerprint density at radius 1 is 1.12 bits per heavy atom. The van der Waals surface area contributed by atoms with E-state index in [0.29, 0.717) is 5.92 Å². The van der Waals surface area contributed by atoms with Gasteiger partial charge in [-0.1, -0.05) is 25.4 Å². The maximum absolute atomic E-state index is 13.2. The first-order valence-corrected chi connectivity index (χ1v) is 9.48. The second-order valence-corrected chi connectivity index (χ2v) is 9.96. The van der Waals surface area contributed by atoms with E-state index in [0.717, 1.165) is 44.6 Å². The molecule has 4 saturated carbocycles. The molecule has 0 spiro atoms. The lowest BCUT2D eigenvalue weighted by Crippen LogP contribution is -2.58. The summed E-state index contributed by atoms with van der Waals surface area (Å²) in [7, 11) is 0. The Hall–Kier alpha value is -1.23. The predicted molar refractivity (Wildman–Crippen MR) is 94.9 cm³/mol. The molecule has 0 aromatic heterocycles. The summed E-state index contributed by atoms with van der Waals surface area (Å²) in [4.78, 5) is 13.2. The smallest absolute Gasteiger partial charge is 0.326 e. The van der Waals surface area contributed by atoms with Crippen molar-refractivity contribution in [2.75, 3.05) is 5.32 Å². The van der Waals surface area contributed by atoms with Crippen molar-refractivity contribution in [3.63, 3.8) is 0 Å². The first-order valence-electron chi connectivity index (χ1n) is 9.10. The zero-order chi connectivity index (χ0) is 19.0. The number of halogens is 4. The molecule has 0 aliphatic heterocycles. The van der Waals surface area contributed by atoms with E-state index in [1.165, 1.54) is 12.1 Å². The van der Waals surface area contributed by atoms with E-state index in [-0.39, 0.29) is 27.4 Å². The van der Waals surface area contributed by atoms with Crippen molar-refractivity contribution in [1.29, 1.82) is 0 Å². The third kappa shape index (κ3) is 2.92. The zero-order valence-electron chi connectivity index (χ0n) is 15.0. The highest BCUT2D eigenvalue weighted by molar-refractivity contribution is 6.31. The molecule has 4 aliphatic carbocycles. The number of carbonyl (C=O) groups excluding carboxylic acids is 1. The van der Waals surface area contributed by atoms with Crippen LogP contribution in [0.1, 0.15) is 57.9 Å². The quantitative estimate of drug-likeness (QED) is 0.636. The molecule has 1 amide bonds. The molecule has 6 heteroatoms. The summed E-state index contributed by atoms with van der Waals surface area (Å²) >= 11 is 5.68. The molecule has 0 saturated heterocycles. The van der Waals surface area contributed by atoms with Crippen LogP contribution >= 0.6 is 11.6 Å². The first kappa shape index (κ1) is 18.1. The lowest BCUT2D eigenvalue weighted by molar-refractivity contribution is -0.165. The van der Waals surface area contributed by atoms with Gasteiger partial charge in [0.1, 0.15) is 0 Å². The van der Waals surface area contributed by atoms with Crippen molar-refractivity contribution in [2.24, 2.45) is 22.2 Å². The van der Waals surface area contributed by atoms with Crippen LogP contribution in [-0.4, -0.2) is 5.91 Å². The highest BCUT2D eigenvalue weighted by atomic mass is 35.5. The molecule has 4 bridgehead atoms. The van der Waals surface area contributed by atoms with E-state index >= 15 is 0 Å². The Kier molecular flexibility index (Phi) is 3.77. The van der Waals surface area contributed by atoms with Gasteiger partial charge in [0.25, 0.3) is 0 Å². The van der Waals surface area contributed by atoms with Gasteiger partial charge in [0.2, 0.25) is 5.91 Å². The van der Waals surface area contributed by atoms with Crippen LogP contribution in [0, 0.1) is 22.2 Å². The van der Waals surface area contributed by atoms with Crippen molar-refractivity contribution in [2.45, 2.75) is 58.5 Å². The fourth-order valence-electron chi connectivity index (χ4n) is 6.78. The monoisotopic (exact) mass is 385 g/mol. The van der Waals surface area contributed by atoms with Crippen LogP contribution in [0.5, 0.6) is 0 Å². The Bertz CT molecular complexity index is 757. The second-order valence-electron chi connectivity index (χ2n) is 9.56. The van der Waals surface area contributed by atoms with Gasteiger partial charge in [-0.3, -0.25) is 4.79 Å². The number of carbonyl (C=O) groups is 1. The molecular formula is C20H23ClF3NO. The van der Waals surface area contributed by atoms with E-state index in [9.17, 15) is 18.0 Å². The minimum Gasteiger partial charge on any atom is -0.326 e. The van der Waals surface area contributed by atoms with Gasteiger partial charge in [-0.2, -0.15) is 13.2 Å². The van der Waals surface area contributed by atoms with Gasteiger partial charge in [-0.05, 0) is 73.5 Å². The van der Waals surface area contributed by atoms with Crippen LogP contribution in [0.15, 0.2) is 18.2 Å². The molecule has 0 radical (unpaired) electrons. The zero-order valence-corrected chi connectivity index (χ0v) is 15.7. The fraction of sp³-hybridized carbons (Fsp3) is 0.650. The Morgan fingerprint density at radius 3 is 2.27 bits per heavy atom. The highest BCUT2D eigenvalue weighted by Crippen LogP contribution is 2.69. The molecule has 0 heterocycles. The summed E-state index contributed by atoms with van der Waals surface area (Å²) in [5, 5.41) is 2.42. The summed E-state index contributed by atoms with van der Waals surface area (Å²) in [6.07, 6.45) is 1.44. The molecule has 5 rings (SSSR count). The predicted octanol–water partition coefficient (Wildman–Crippen LogP) is 6.29. The van der Waals surface area contributed by atoms with Gasteiger partial charge in [0.05, 0.1) is 16.0 Å². The lowest BCUT2D eigenvalue weighted by atomic mass is 9.40. The van der Waals surface area contributed by atoms with Crippen molar-refractivity contribution >= 4 is 23.2 Å². The lowest BCUT2D eigenvalue weighted by Gasteiger charge is -2.64. The summed E-state index contributed by atoms with van der Waals surface area (Å²) < 4.78 is 39.3. The van der Waals surface area contributed by atoms with Gasteiger partial charge in [-0.15, -0.1) is 0 Å². The SMILES string of the molecule is CC12CC3CC(C)(C1)CC(C(=O)Nc1ccc(Cl)c(C(F)(F)F)c1)(C3)C2. The molecular weight excluding hydrogens is 363 g/mol. The van der Waals surface area contributed by atoms with Crippen molar-refractivity contribution in [3.05, 3.63) is 28.8 Å². The first-order chi connectivity index (χ1) is 11.9. The average Bonchev–Trinajstić information content (AvgIpc) is 2.44. The van der Waals surface area contributed by atoms with Gasteiger partial charge in [-0.25, -0.2) is 0 Å². The molecule has 2 nitrogen and oxygen atoms in total. The van der Waals surface area contributed by atoms with E-state index in [1.54, 1.807) is 0 Å². The number of amides is 1. The topological polar surface area (TPSA) is 29.1 Å². The molecule has 26 heavy (non-hydrogen) atoms. The van der Waals surface area contributed by atoms with Crippen LogP contribution in [0.2, 0.25) is 5.02 Å². The number of nitrogens with one attached hydrogen (secondary N) is 1. The number of rotatable bonds is 2. The standard InChI is InChI=1S/C20H23ClF3NO/c1-17-6-12-7-18(2,9-17)11-19(8-12,10-17)16(26)25-13-3-4-15(21)14(5-13)20(22,23)24/h3-5,12H,6-11H2,1-2H3,(H,25,26). The maximum atomic E-state index is 13.2. The minimum atomic E-state index is -4.54. The van der Waals surface area contributed by atoms with E-state index in [4.69, 9.17) is 11.6 Å². The summed E-state index contributed by atoms with van der Waals surface area (Å²) in [5.74, 6) is 0.414. The summed E-state index contributed by atoms with van der Waals surface area (Å²) in [6.45, 7) is 4.53. The molecule has 4 aliphatic rings. The van der Waals surface area contributed by atoms with Crippen LogP contribution in [-0.2, 0) is 11.0 Å². The number of alkyl halides is 3. The number of anilines is 1. The molecule has 142 valence electrons. The number of benzene rings is 1. The van der Waals surface area contributed by atoms with E-state index in [2.05, 4.69) is 19.2 Å². The van der Waals surface area contributed by atoms with Crippen LogP contribution < -0.4 is 5.32 Å². The van der Waals surface area contributed by atoms with Crippen molar-refractivity contribution < 1.29 is 18.0 Å². The second kappa shape index (κ2) is 5.40. The number of hydrogen-bond acceptors (Lipinski definition) is 1. The fourth-order valence-corrected chi connectivity index (χ4v) is 7.01. The summed E-state index contributed by atoms with van der Waals surface area (Å²) in [5.41, 5.74) is -0.870. The normalized spacial score (nSPS) is 38.5. The van der Waals surface area contributed by atoms with E-state index in [1.807, 2.05) is 0 Å². The highest BCUT2D eigenvalue weighted by Gasteiger charge is 2.62. The van der Waals surface area contributed by atoms with Crippen molar-refractivity contribution in [3.8, 4) is 0 Å². The van der Waals surface area contributed by atoms with Gasteiger partial charge in [0, 0.05) is 5.69 Å². The Morgan fingerprint density at radius 2 is 1.73 bits per heavy atom. The minimum absolute atomic E-state index is 0.130. The molecule has 1 N–H and O–H groups in total. The molecule has 1 aromatic carbocycles. The molecule has 1 aromatic rings. The van der Waals surface area contributed by atoms with Gasteiger partial charge >= 0.3 is 6.18 Å². The Balaban J connectivity index is 1.61.